The largest absolute Gasteiger partial charge is 0.385 e. The van der Waals surface area contributed by atoms with E-state index in [9.17, 15) is 5.11 Å². The van der Waals surface area contributed by atoms with Crippen LogP contribution in [0.4, 0.5) is 0 Å². The van der Waals surface area contributed by atoms with Gasteiger partial charge >= 0.3 is 0 Å². The van der Waals surface area contributed by atoms with Gasteiger partial charge in [0.15, 0.2) is 0 Å². The second kappa shape index (κ2) is 2.59. The Kier molecular flexibility index (Phi) is 1.68. The first-order valence-corrected chi connectivity index (χ1v) is 6.37. The maximum atomic E-state index is 10.4. The molecule has 2 saturated carbocycles. The predicted molar refractivity (Wildman–Crippen MR) is 56.7 cm³/mol. The monoisotopic (exact) mass is 258 g/mol. The van der Waals surface area contributed by atoms with Crippen LogP contribution in [0, 0.1) is 11.8 Å². The molecule has 1 aromatic rings. The zero-order valence-electron chi connectivity index (χ0n) is 7.16. The molecule has 2 atom stereocenters. The molecule has 0 aromatic carbocycles. The van der Waals surface area contributed by atoms with Gasteiger partial charge in [-0.25, -0.2) is 0 Å². The minimum absolute atomic E-state index is 0.444. The van der Waals surface area contributed by atoms with Crippen molar-refractivity contribution < 1.29 is 5.11 Å². The highest BCUT2D eigenvalue weighted by Gasteiger charge is 2.66. The number of hydrogen-bond donors (Lipinski definition) is 1. The third-order valence-corrected chi connectivity index (χ3v) is 5.07. The molecule has 0 bridgehead atoms. The van der Waals surface area contributed by atoms with E-state index < -0.39 is 5.60 Å². The third kappa shape index (κ3) is 1.01. The van der Waals surface area contributed by atoms with E-state index in [1.807, 2.05) is 0 Å². The maximum absolute atomic E-state index is 10.4. The molecule has 0 radical (unpaired) electrons. The molecule has 2 aliphatic carbocycles. The molecule has 2 aliphatic rings. The highest BCUT2D eigenvalue weighted by Crippen LogP contribution is 2.66. The van der Waals surface area contributed by atoms with Crippen molar-refractivity contribution in [1.29, 1.82) is 0 Å². The van der Waals surface area contributed by atoms with Crippen molar-refractivity contribution in [2.24, 2.45) is 11.8 Å². The third-order valence-electron chi connectivity index (χ3n) is 3.57. The van der Waals surface area contributed by atoms with Crippen LogP contribution in [0.3, 0.4) is 0 Å². The van der Waals surface area contributed by atoms with Crippen molar-refractivity contribution in [2.45, 2.75) is 24.9 Å². The van der Waals surface area contributed by atoms with E-state index in [1.54, 1.807) is 11.3 Å². The van der Waals surface area contributed by atoms with Crippen LogP contribution in [0.25, 0.3) is 0 Å². The summed E-state index contributed by atoms with van der Waals surface area (Å²) in [6.07, 6.45) is 3.74. The molecule has 1 nitrogen and oxygen atoms in total. The number of hydrogen-bond acceptors (Lipinski definition) is 2. The Balaban J connectivity index is 1.95. The summed E-state index contributed by atoms with van der Waals surface area (Å²) in [5, 5.41) is 12.5. The number of halogens is 1. The Labute approximate surface area is 89.9 Å². The van der Waals surface area contributed by atoms with Crippen LogP contribution in [0.2, 0.25) is 0 Å². The average molecular weight is 259 g/mol. The average Bonchev–Trinajstić information content (AvgIpc) is 2.61. The first-order valence-electron chi connectivity index (χ1n) is 4.70. The fraction of sp³-hybridized carbons (Fsp3) is 0.600. The highest BCUT2D eigenvalue weighted by molar-refractivity contribution is 9.11. The Morgan fingerprint density at radius 3 is 2.69 bits per heavy atom. The molecule has 0 amide bonds. The molecule has 2 fully saturated rings. The molecule has 3 heteroatoms. The quantitative estimate of drug-likeness (QED) is 0.821. The van der Waals surface area contributed by atoms with Gasteiger partial charge in [-0.15, -0.1) is 11.3 Å². The van der Waals surface area contributed by atoms with Crippen molar-refractivity contribution in [2.75, 3.05) is 0 Å². The highest BCUT2D eigenvalue weighted by atomic mass is 79.9. The number of aliphatic hydroxyl groups is 1. The van der Waals surface area contributed by atoms with Gasteiger partial charge in [-0.05, 0) is 57.6 Å². The van der Waals surface area contributed by atoms with Gasteiger partial charge in [-0.2, -0.15) is 0 Å². The van der Waals surface area contributed by atoms with Crippen LogP contribution in [0.5, 0.6) is 0 Å². The van der Waals surface area contributed by atoms with Gasteiger partial charge in [-0.3, -0.25) is 0 Å². The zero-order chi connectivity index (χ0) is 9.05. The molecule has 1 aromatic heterocycles. The standard InChI is InChI=1S/C10H11BrOS/c11-9-4-6(5-13-9)10(12)7-2-1-3-8(7)10/h4-5,7-8,12H,1-3H2. The Bertz CT molecular complexity index is 336. The summed E-state index contributed by atoms with van der Waals surface area (Å²) in [6, 6.07) is 2.07. The molecule has 0 spiro atoms. The van der Waals surface area contributed by atoms with Gasteiger partial charge < -0.3 is 5.11 Å². The fourth-order valence-corrected chi connectivity index (χ4v) is 4.09. The summed E-state index contributed by atoms with van der Waals surface area (Å²) in [4.78, 5) is 0. The van der Waals surface area contributed by atoms with E-state index in [1.165, 1.54) is 19.3 Å². The summed E-state index contributed by atoms with van der Waals surface area (Å²) < 4.78 is 1.13. The van der Waals surface area contributed by atoms with Crippen molar-refractivity contribution in [1.82, 2.24) is 0 Å². The lowest BCUT2D eigenvalue weighted by Crippen LogP contribution is -2.11. The molecule has 13 heavy (non-hydrogen) atoms. The first kappa shape index (κ1) is 8.45. The van der Waals surface area contributed by atoms with Gasteiger partial charge in [0.25, 0.3) is 0 Å². The first-order chi connectivity index (χ1) is 6.23. The molecule has 0 aliphatic heterocycles. The normalized spacial score (nSPS) is 42.0. The summed E-state index contributed by atoms with van der Waals surface area (Å²) in [5.41, 5.74) is 0.694. The topological polar surface area (TPSA) is 20.2 Å². The van der Waals surface area contributed by atoms with E-state index in [0.717, 1.165) is 9.35 Å². The molecule has 70 valence electrons. The summed E-state index contributed by atoms with van der Waals surface area (Å²) >= 11 is 5.11. The fourth-order valence-electron chi connectivity index (χ4n) is 2.87. The minimum atomic E-state index is -0.444. The van der Waals surface area contributed by atoms with E-state index in [0.29, 0.717) is 11.8 Å². The lowest BCUT2D eigenvalue weighted by atomic mass is 10.0. The lowest BCUT2D eigenvalue weighted by Gasteiger charge is -2.11. The number of rotatable bonds is 1. The number of fused-ring (bicyclic) bond motifs is 1. The van der Waals surface area contributed by atoms with Gasteiger partial charge in [0.2, 0.25) is 0 Å². The van der Waals surface area contributed by atoms with E-state index in [-0.39, 0.29) is 0 Å². The molecule has 0 saturated heterocycles. The number of thiophene rings is 1. The summed E-state index contributed by atoms with van der Waals surface area (Å²) in [5.74, 6) is 1.13. The molecule has 2 unspecified atom stereocenters. The molecule has 1 heterocycles. The minimum Gasteiger partial charge on any atom is -0.385 e. The van der Waals surface area contributed by atoms with E-state index >= 15 is 0 Å². The zero-order valence-corrected chi connectivity index (χ0v) is 9.57. The van der Waals surface area contributed by atoms with Crippen LogP contribution in [0.15, 0.2) is 15.2 Å². The van der Waals surface area contributed by atoms with Crippen molar-refractivity contribution >= 4 is 27.3 Å². The van der Waals surface area contributed by atoms with Crippen molar-refractivity contribution in [3.8, 4) is 0 Å². The van der Waals surface area contributed by atoms with Gasteiger partial charge in [-0.1, -0.05) is 6.42 Å². The SMILES string of the molecule is OC1(c2csc(Br)c2)C2CCCC21. The van der Waals surface area contributed by atoms with Crippen LogP contribution in [0.1, 0.15) is 24.8 Å². The molecule has 3 rings (SSSR count). The maximum Gasteiger partial charge on any atom is 0.0968 e. The molecular weight excluding hydrogens is 248 g/mol. The van der Waals surface area contributed by atoms with Crippen LogP contribution >= 0.6 is 27.3 Å². The predicted octanol–water partition coefficient (Wildman–Crippen LogP) is 3.13. The van der Waals surface area contributed by atoms with Crippen LogP contribution in [-0.4, -0.2) is 5.11 Å². The molecule has 1 N–H and O–H groups in total. The summed E-state index contributed by atoms with van der Waals surface area (Å²) in [7, 11) is 0. The summed E-state index contributed by atoms with van der Waals surface area (Å²) in [6.45, 7) is 0. The second-order valence-corrected chi connectivity index (χ2v) is 6.40. The smallest absolute Gasteiger partial charge is 0.0968 e. The van der Waals surface area contributed by atoms with Gasteiger partial charge in [0.1, 0.15) is 0 Å². The Morgan fingerprint density at radius 2 is 2.15 bits per heavy atom. The van der Waals surface area contributed by atoms with E-state index in [2.05, 4.69) is 27.4 Å². The Morgan fingerprint density at radius 1 is 1.46 bits per heavy atom. The van der Waals surface area contributed by atoms with E-state index in [4.69, 9.17) is 0 Å². The Hall–Kier alpha value is 0.140. The van der Waals surface area contributed by atoms with Crippen molar-refractivity contribution in [3.63, 3.8) is 0 Å². The van der Waals surface area contributed by atoms with Crippen LogP contribution < -0.4 is 0 Å². The second-order valence-electron chi connectivity index (χ2n) is 4.11. The van der Waals surface area contributed by atoms with Gasteiger partial charge in [0.05, 0.1) is 9.39 Å². The lowest BCUT2D eigenvalue weighted by molar-refractivity contribution is 0.106. The van der Waals surface area contributed by atoms with Gasteiger partial charge in [0, 0.05) is 0 Å². The molecular formula is C10H11BrOS. The van der Waals surface area contributed by atoms with Crippen molar-refractivity contribution in [3.05, 3.63) is 20.8 Å². The van der Waals surface area contributed by atoms with Crippen LogP contribution in [-0.2, 0) is 5.60 Å².